The third kappa shape index (κ3) is 50.7. The van der Waals surface area contributed by atoms with Gasteiger partial charge in [0.2, 0.25) is 0 Å². The van der Waals surface area contributed by atoms with Gasteiger partial charge in [-0.1, -0.05) is 238 Å². The fourth-order valence-corrected chi connectivity index (χ4v) is 8.20. The third-order valence-electron chi connectivity index (χ3n) is 12.4. The van der Waals surface area contributed by atoms with Gasteiger partial charge in [0.05, 0.1) is 0 Å². The van der Waals surface area contributed by atoms with Gasteiger partial charge in [0.15, 0.2) is 6.10 Å². The van der Waals surface area contributed by atoms with Crippen LogP contribution in [0, 0.1) is 0 Å². The van der Waals surface area contributed by atoms with Gasteiger partial charge in [0.1, 0.15) is 13.2 Å². The molecule has 370 valence electrons. The molecule has 0 aromatic heterocycles. The van der Waals surface area contributed by atoms with Crippen molar-refractivity contribution in [1.29, 1.82) is 0 Å². The maximum Gasteiger partial charge on any atom is 0.306 e. The van der Waals surface area contributed by atoms with Crippen LogP contribution >= 0.6 is 0 Å². The molecule has 6 heteroatoms. The van der Waals surface area contributed by atoms with Crippen LogP contribution in [0.2, 0.25) is 0 Å². The lowest BCUT2D eigenvalue weighted by atomic mass is 10.1. The van der Waals surface area contributed by atoms with Crippen molar-refractivity contribution in [3.8, 4) is 0 Å². The predicted molar refractivity (Wildman–Crippen MR) is 270 cm³/mol. The van der Waals surface area contributed by atoms with Crippen molar-refractivity contribution in [2.24, 2.45) is 0 Å². The van der Waals surface area contributed by atoms with Gasteiger partial charge in [0, 0.05) is 19.3 Å². The zero-order valence-corrected chi connectivity index (χ0v) is 42.4. The van der Waals surface area contributed by atoms with E-state index in [1.54, 1.807) is 0 Å². The molecule has 0 amide bonds. The Hall–Kier alpha value is -2.11. The summed E-state index contributed by atoms with van der Waals surface area (Å²) in [6.07, 6.45) is 60.3. The van der Waals surface area contributed by atoms with E-state index in [9.17, 15) is 14.4 Å². The van der Waals surface area contributed by atoms with Gasteiger partial charge < -0.3 is 14.2 Å². The van der Waals surface area contributed by atoms with Crippen molar-refractivity contribution in [3.05, 3.63) is 24.3 Å². The van der Waals surface area contributed by atoms with Crippen LogP contribution in [0.25, 0.3) is 0 Å². The molecule has 1 unspecified atom stereocenters. The van der Waals surface area contributed by atoms with Gasteiger partial charge in [-0.15, -0.1) is 0 Å². The predicted octanol–water partition coefficient (Wildman–Crippen LogP) is 18.3. The quantitative estimate of drug-likeness (QED) is 0.0262. The van der Waals surface area contributed by atoms with E-state index in [0.717, 1.165) is 57.8 Å². The monoisotopic (exact) mass is 887 g/mol. The minimum atomic E-state index is -0.769. The summed E-state index contributed by atoms with van der Waals surface area (Å²) in [4.78, 5) is 37.9. The average molecular weight is 887 g/mol. The first-order chi connectivity index (χ1) is 31.0. The van der Waals surface area contributed by atoms with Gasteiger partial charge >= 0.3 is 17.9 Å². The number of unbranched alkanes of at least 4 members (excludes halogenated alkanes) is 36. The average Bonchev–Trinajstić information content (AvgIpc) is 3.28. The fourth-order valence-electron chi connectivity index (χ4n) is 8.20. The van der Waals surface area contributed by atoms with Crippen LogP contribution in [0.1, 0.15) is 303 Å². The Morgan fingerprint density at radius 3 is 0.794 bits per heavy atom. The van der Waals surface area contributed by atoms with Crippen LogP contribution in [-0.4, -0.2) is 37.2 Å². The van der Waals surface area contributed by atoms with E-state index in [4.69, 9.17) is 14.2 Å². The van der Waals surface area contributed by atoms with Crippen molar-refractivity contribution in [2.75, 3.05) is 13.2 Å². The van der Waals surface area contributed by atoms with Crippen molar-refractivity contribution in [2.45, 2.75) is 309 Å². The maximum atomic E-state index is 12.8. The van der Waals surface area contributed by atoms with Crippen molar-refractivity contribution in [1.82, 2.24) is 0 Å². The normalized spacial score (nSPS) is 12.1. The molecule has 0 N–H and O–H groups in total. The summed E-state index contributed by atoms with van der Waals surface area (Å²) < 4.78 is 16.8. The number of carbonyl (C=O) groups excluding carboxylic acids is 3. The van der Waals surface area contributed by atoms with Crippen molar-refractivity contribution >= 4 is 17.9 Å². The lowest BCUT2D eigenvalue weighted by Crippen LogP contribution is -2.30. The molecule has 0 rings (SSSR count). The highest BCUT2D eigenvalue weighted by Crippen LogP contribution is 2.16. The van der Waals surface area contributed by atoms with E-state index in [1.807, 2.05) is 0 Å². The van der Waals surface area contributed by atoms with Gasteiger partial charge in [-0.3, -0.25) is 14.4 Å². The van der Waals surface area contributed by atoms with Crippen LogP contribution in [0.3, 0.4) is 0 Å². The standard InChI is InChI=1S/C57H106O6/c1-4-7-10-13-16-19-21-23-25-27-29-31-32-34-36-38-41-44-47-50-56(59)62-53-54(52-61-55(58)49-46-43-40-18-15-12-9-6-3)63-57(60)51-48-45-42-39-37-35-33-30-28-26-24-22-20-17-14-11-8-5-2/h23,25-26,28,54H,4-22,24,27,29-53H2,1-3H3/b25-23-,28-26-. The molecule has 0 radical (unpaired) electrons. The Morgan fingerprint density at radius 2 is 0.524 bits per heavy atom. The molecule has 0 aliphatic carbocycles. The Bertz CT molecular complexity index is 1020. The molecule has 0 spiro atoms. The second kappa shape index (κ2) is 52.5. The molecule has 0 saturated heterocycles. The number of allylic oxidation sites excluding steroid dienone is 4. The van der Waals surface area contributed by atoms with E-state index < -0.39 is 6.10 Å². The summed E-state index contributed by atoms with van der Waals surface area (Å²) in [5, 5.41) is 0. The smallest absolute Gasteiger partial charge is 0.306 e. The maximum absolute atomic E-state index is 12.8. The number of ether oxygens (including phenoxy) is 3. The third-order valence-corrected chi connectivity index (χ3v) is 12.4. The van der Waals surface area contributed by atoms with Gasteiger partial charge in [-0.2, -0.15) is 0 Å². The second-order valence-electron chi connectivity index (χ2n) is 18.8. The molecule has 0 fully saturated rings. The van der Waals surface area contributed by atoms with E-state index in [-0.39, 0.29) is 31.1 Å². The van der Waals surface area contributed by atoms with E-state index >= 15 is 0 Å². The summed E-state index contributed by atoms with van der Waals surface area (Å²) in [7, 11) is 0. The summed E-state index contributed by atoms with van der Waals surface area (Å²) in [5.41, 5.74) is 0. The van der Waals surface area contributed by atoms with Gasteiger partial charge in [0.25, 0.3) is 0 Å². The molecule has 0 aliphatic rings. The van der Waals surface area contributed by atoms with Gasteiger partial charge in [-0.05, 0) is 70.6 Å². The Labute approximate surface area is 392 Å². The lowest BCUT2D eigenvalue weighted by Gasteiger charge is -2.18. The zero-order chi connectivity index (χ0) is 45.8. The van der Waals surface area contributed by atoms with Crippen molar-refractivity contribution in [3.63, 3.8) is 0 Å². The number of rotatable bonds is 51. The van der Waals surface area contributed by atoms with Crippen LogP contribution < -0.4 is 0 Å². The van der Waals surface area contributed by atoms with Crippen LogP contribution in [0.5, 0.6) is 0 Å². The molecule has 0 saturated carbocycles. The first-order valence-electron chi connectivity index (χ1n) is 27.8. The van der Waals surface area contributed by atoms with Crippen LogP contribution in [0.4, 0.5) is 0 Å². The highest BCUT2D eigenvalue weighted by atomic mass is 16.6. The first-order valence-corrected chi connectivity index (χ1v) is 27.8. The summed E-state index contributed by atoms with van der Waals surface area (Å²) in [5.74, 6) is -0.866. The van der Waals surface area contributed by atoms with Crippen LogP contribution in [0.15, 0.2) is 24.3 Å². The van der Waals surface area contributed by atoms with Gasteiger partial charge in [-0.25, -0.2) is 0 Å². The summed E-state index contributed by atoms with van der Waals surface area (Å²) in [6, 6.07) is 0. The first kappa shape index (κ1) is 60.9. The number of esters is 3. The molecule has 0 aromatic rings. The summed E-state index contributed by atoms with van der Waals surface area (Å²) >= 11 is 0. The molecule has 0 heterocycles. The van der Waals surface area contributed by atoms with Crippen LogP contribution in [-0.2, 0) is 28.6 Å². The highest BCUT2D eigenvalue weighted by Gasteiger charge is 2.19. The van der Waals surface area contributed by atoms with E-state index in [0.29, 0.717) is 19.3 Å². The lowest BCUT2D eigenvalue weighted by molar-refractivity contribution is -0.167. The largest absolute Gasteiger partial charge is 0.462 e. The fraction of sp³-hybridized carbons (Fsp3) is 0.877. The molecule has 0 bridgehead atoms. The Kier molecular flexibility index (Phi) is 50.8. The molecule has 0 aromatic carbocycles. The molecule has 63 heavy (non-hydrogen) atoms. The van der Waals surface area contributed by atoms with Crippen molar-refractivity contribution < 1.29 is 28.6 Å². The number of carbonyl (C=O) groups is 3. The Balaban J connectivity index is 4.23. The van der Waals surface area contributed by atoms with E-state index in [1.165, 1.54) is 205 Å². The number of hydrogen-bond acceptors (Lipinski definition) is 6. The highest BCUT2D eigenvalue weighted by molar-refractivity contribution is 5.71. The molecule has 1 atom stereocenters. The molecular formula is C57H106O6. The molecule has 0 aliphatic heterocycles. The summed E-state index contributed by atoms with van der Waals surface area (Å²) in [6.45, 7) is 6.63. The minimum absolute atomic E-state index is 0.0703. The molecule has 6 nitrogen and oxygen atoms in total. The molecular weight excluding hydrogens is 781 g/mol. The number of hydrogen-bond donors (Lipinski definition) is 0. The van der Waals surface area contributed by atoms with E-state index in [2.05, 4.69) is 45.1 Å². The zero-order valence-electron chi connectivity index (χ0n) is 42.4. The Morgan fingerprint density at radius 1 is 0.302 bits per heavy atom. The minimum Gasteiger partial charge on any atom is -0.462 e. The second-order valence-corrected chi connectivity index (χ2v) is 18.8. The topological polar surface area (TPSA) is 78.9 Å². The SMILES string of the molecule is CCCCCCCC/C=C\CCCCCCCCCCCC(=O)OCC(COC(=O)CCCCCCCCCC)OC(=O)CCCCCCCCC/C=C\CCCCCCCCC.